The third-order valence-corrected chi connectivity index (χ3v) is 2.26. The molecule has 0 radical (unpaired) electrons. The number of carbonyl (C=O) groups is 2. The van der Waals surface area contributed by atoms with Gasteiger partial charge < -0.3 is 10.6 Å². The minimum absolute atomic E-state index is 0.0661. The minimum atomic E-state index is -0.222. The highest BCUT2D eigenvalue weighted by molar-refractivity contribution is 5.89. The lowest BCUT2D eigenvalue weighted by Gasteiger charge is -2.18. The van der Waals surface area contributed by atoms with Gasteiger partial charge in [-0.05, 0) is 13.1 Å². The van der Waals surface area contributed by atoms with Crippen LogP contribution in [0.4, 0.5) is 0 Å². The van der Waals surface area contributed by atoms with Gasteiger partial charge in [-0.2, -0.15) is 0 Å². The average molecular weight is 182 g/mol. The summed E-state index contributed by atoms with van der Waals surface area (Å²) in [6, 6.07) is -0.0144. The maximum Gasteiger partial charge on any atom is 0.243 e. The second kappa shape index (κ2) is 4.18. The van der Waals surface area contributed by atoms with E-state index in [-0.39, 0.29) is 23.8 Å². The summed E-state index contributed by atoms with van der Waals surface area (Å²) in [5.74, 6) is -0.0336. The molecular formula is C9H14N2O2. The van der Waals surface area contributed by atoms with Gasteiger partial charge in [0.15, 0.2) is 0 Å². The maximum atomic E-state index is 11.1. The zero-order valence-electron chi connectivity index (χ0n) is 7.67. The summed E-state index contributed by atoms with van der Waals surface area (Å²) in [6.45, 7) is 3.36. The van der Waals surface area contributed by atoms with E-state index in [2.05, 4.69) is 17.2 Å². The molecule has 0 aromatic rings. The first kappa shape index (κ1) is 9.92. The fourth-order valence-corrected chi connectivity index (χ4v) is 1.55. The molecule has 2 atom stereocenters. The topological polar surface area (TPSA) is 58.2 Å². The van der Waals surface area contributed by atoms with Gasteiger partial charge in [-0.25, -0.2) is 0 Å². The predicted octanol–water partition coefficient (Wildman–Crippen LogP) is -0.392. The van der Waals surface area contributed by atoms with Crippen molar-refractivity contribution in [1.82, 2.24) is 10.6 Å². The Hall–Kier alpha value is -1.16. The first-order valence-corrected chi connectivity index (χ1v) is 4.29. The molecule has 0 aromatic carbocycles. The fraction of sp³-hybridized carbons (Fsp3) is 0.556. The molecule has 0 spiro atoms. The van der Waals surface area contributed by atoms with Crippen LogP contribution in [0, 0.1) is 0 Å². The normalized spacial score (nSPS) is 27.3. The highest BCUT2D eigenvalue weighted by Crippen LogP contribution is 2.15. The molecule has 1 aliphatic carbocycles. The Balaban J connectivity index is 2.53. The van der Waals surface area contributed by atoms with Crippen LogP contribution < -0.4 is 10.6 Å². The van der Waals surface area contributed by atoms with E-state index >= 15 is 0 Å². The molecule has 13 heavy (non-hydrogen) atoms. The second-order valence-electron chi connectivity index (χ2n) is 3.16. The fourth-order valence-electron chi connectivity index (χ4n) is 1.55. The Labute approximate surface area is 77.4 Å². The first-order chi connectivity index (χ1) is 6.17. The summed E-state index contributed by atoms with van der Waals surface area (Å²) < 4.78 is 0. The number of ketones is 1. The summed E-state index contributed by atoms with van der Waals surface area (Å²) in [4.78, 5) is 22.0. The summed E-state index contributed by atoms with van der Waals surface area (Å²) in [5, 5.41) is 5.72. The first-order valence-electron chi connectivity index (χ1n) is 4.29. The zero-order chi connectivity index (χ0) is 9.84. The number of amides is 1. The zero-order valence-corrected chi connectivity index (χ0v) is 7.67. The quantitative estimate of drug-likeness (QED) is 0.584. The minimum Gasteiger partial charge on any atom is -0.348 e. The Bertz CT molecular complexity index is 238. The van der Waals surface area contributed by atoms with Gasteiger partial charge in [0.2, 0.25) is 5.91 Å². The van der Waals surface area contributed by atoms with E-state index in [9.17, 15) is 9.59 Å². The average Bonchev–Trinajstić information content (AvgIpc) is 2.46. The molecule has 2 N–H and O–H groups in total. The summed E-state index contributed by atoms with van der Waals surface area (Å²) in [5.41, 5.74) is 0. The number of hydrogen-bond acceptors (Lipinski definition) is 3. The summed E-state index contributed by atoms with van der Waals surface area (Å²) >= 11 is 0. The summed E-state index contributed by atoms with van der Waals surface area (Å²) in [6.07, 6.45) is 2.14. The molecular weight excluding hydrogens is 168 g/mol. The molecule has 1 aliphatic rings. The van der Waals surface area contributed by atoms with Crippen molar-refractivity contribution in [3.8, 4) is 0 Å². The van der Waals surface area contributed by atoms with Gasteiger partial charge >= 0.3 is 0 Å². The van der Waals surface area contributed by atoms with Crippen LogP contribution in [0.15, 0.2) is 12.7 Å². The monoisotopic (exact) mass is 182 g/mol. The van der Waals surface area contributed by atoms with Gasteiger partial charge in [0.25, 0.3) is 0 Å². The van der Waals surface area contributed by atoms with Crippen LogP contribution in [0.3, 0.4) is 0 Å². The van der Waals surface area contributed by atoms with E-state index in [4.69, 9.17) is 0 Å². The van der Waals surface area contributed by atoms with E-state index in [0.717, 1.165) is 0 Å². The third-order valence-electron chi connectivity index (χ3n) is 2.26. The van der Waals surface area contributed by atoms with Crippen molar-refractivity contribution < 1.29 is 9.59 Å². The van der Waals surface area contributed by atoms with Crippen molar-refractivity contribution in [2.45, 2.75) is 24.9 Å². The molecule has 72 valence electrons. The van der Waals surface area contributed by atoms with Crippen molar-refractivity contribution in [3.63, 3.8) is 0 Å². The van der Waals surface area contributed by atoms with Crippen molar-refractivity contribution >= 4 is 11.7 Å². The van der Waals surface area contributed by atoms with E-state index < -0.39 is 0 Å². The van der Waals surface area contributed by atoms with Gasteiger partial charge in [0.05, 0.1) is 6.04 Å². The molecule has 0 saturated heterocycles. The lowest BCUT2D eigenvalue weighted by Crippen LogP contribution is -2.44. The SMILES string of the molecule is C=CC(=O)NC1CC(=O)CC1NC. The molecule has 1 amide bonds. The number of rotatable bonds is 3. The van der Waals surface area contributed by atoms with Gasteiger partial charge in [-0.1, -0.05) is 6.58 Å². The van der Waals surface area contributed by atoms with Crippen LogP contribution in [0.2, 0.25) is 0 Å². The van der Waals surface area contributed by atoms with E-state index in [1.807, 2.05) is 0 Å². The van der Waals surface area contributed by atoms with Crippen LogP contribution in [-0.2, 0) is 9.59 Å². The number of carbonyl (C=O) groups excluding carboxylic acids is 2. The van der Waals surface area contributed by atoms with E-state index in [1.54, 1.807) is 7.05 Å². The predicted molar refractivity (Wildman–Crippen MR) is 49.2 cm³/mol. The Morgan fingerprint density at radius 2 is 2.15 bits per heavy atom. The van der Waals surface area contributed by atoms with Crippen molar-refractivity contribution in [1.29, 1.82) is 0 Å². The molecule has 4 heteroatoms. The standard InChI is InChI=1S/C9H14N2O2/c1-3-9(13)11-8-5-6(12)4-7(8)10-2/h3,7-8,10H,1,4-5H2,2H3,(H,11,13). The number of Topliss-reactive ketones (excluding diaryl/α,β-unsaturated/α-hetero) is 1. The molecule has 2 unspecified atom stereocenters. The highest BCUT2D eigenvalue weighted by atomic mass is 16.1. The number of hydrogen-bond donors (Lipinski definition) is 2. The van der Waals surface area contributed by atoms with Gasteiger partial charge in [0.1, 0.15) is 5.78 Å². The van der Waals surface area contributed by atoms with Gasteiger partial charge in [0, 0.05) is 18.9 Å². The summed E-state index contributed by atoms with van der Waals surface area (Å²) in [7, 11) is 1.79. The Morgan fingerprint density at radius 1 is 1.54 bits per heavy atom. The van der Waals surface area contributed by atoms with Crippen LogP contribution in [0.1, 0.15) is 12.8 Å². The number of likely N-dealkylation sites (N-methyl/N-ethyl adjacent to an activating group) is 1. The lowest BCUT2D eigenvalue weighted by molar-refractivity contribution is -0.117. The van der Waals surface area contributed by atoms with Crippen LogP contribution in [-0.4, -0.2) is 30.8 Å². The van der Waals surface area contributed by atoms with Crippen LogP contribution in [0.5, 0.6) is 0 Å². The second-order valence-corrected chi connectivity index (χ2v) is 3.16. The molecule has 1 rings (SSSR count). The molecule has 0 heterocycles. The Kier molecular flexibility index (Phi) is 3.19. The van der Waals surface area contributed by atoms with Crippen LogP contribution in [0.25, 0.3) is 0 Å². The highest BCUT2D eigenvalue weighted by Gasteiger charge is 2.32. The van der Waals surface area contributed by atoms with Crippen molar-refractivity contribution in [2.75, 3.05) is 7.05 Å². The number of nitrogens with one attached hydrogen (secondary N) is 2. The van der Waals surface area contributed by atoms with E-state index in [0.29, 0.717) is 12.8 Å². The Morgan fingerprint density at radius 3 is 2.69 bits per heavy atom. The van der Waals surface area contributed by atoms with E-state index in [1.165, 1.54) is 6.08 Å². The smallest absolute Gasteiger partial charge is 0.243 e. The molecule has 1 fully saturated rings. The molecule has 0 bridgehead atoms. The largest absolute Gasteiger partial charge is 0.348 e. The van der Waals surface area contributed by atoms with Gasteiger partial charge in [-0.15, -0.1) is 0 Å². The lowest BCUT2D eigenvalue weighted by atomic mass is 10.2. The molecule has 0 aliphatic heterocycles. The van der Waals surface area contributed by atoms with Gasteiger partial charge in [-0.3, -0.25) is 9.59 Å². The van der Waals surface area contributed by atoms with Crippen LogP contribution >= 0.6 is 0 Å². The molecule has 1 saturated carbocycles. The maximum absolute atomic E-state index is 11.1. The van der Waals surface area contributed by atoms with Crippen molar-refractivity contribution in [3.05, 3.63) is 12.7 Å². The molecule has 4 nitrogen and oxygen atoms in total. The molecule has 0 aromatic heterocycles. The third kappa shape index (κ3) is 2.39. The van der Waals surface area contributed by atoms with Crippen molar-refractivity contribution in [2.24, 2.45) is 0 Å².